The summed E-state index contributed by atoms with van der Waals surface area (Å²) in [7, 11) is -4.28. The molecule has 0 aromatic rings. The third kappa shape index (κ3) is 30.3. The first-order valence-corrected chi connectivity index (χ1v) is 25.8. The molecule has 0 aliphatic carbocycles. The number of nitrogens with two attached hydrogens (primary N) is 1. The highest BCUT2D eigenvalue weighted by Crippen LogP contribution is 2.50. The van der Waals surface area contributed by atoms with Gasteiger partial charge in [0.25, 0.3) is 0 Å². The Morgan fingerprint density at radius 2 is 0.754 bits per heavy atom. The maximum absolute atomic E-state index is 12.7. The van der Waals surface area contributed by atoms with Crippen molar-refractivity contribution in [2.75, 3.05) is 13.2 Å². The van der Waals surface area contributed by atoms with E-state index in [1.165, 1.54) is 63.0 Å². The van der Waals surface area contributed by atoms with Crippen molar-refractivity contribution < 1.29 is 38.3 Å². The van der Waals surface area contributed by atoms with Crippen LogP contribution in [0.5, 0.6) is 0 Å². The molecule has 1 aliphatic heterocycles. The molecule has 0 aromatic carbocycles. The van der Waals surface area contributed by atoms with Gasteiger partial charge in [-0.25, -0.2) is 15.1 Å². The minimum atomic E-state index is -4.28. The number of phosphoric acid groups is 1. The topological polar surface area (TPSA) is 141 Å². The van der Waals surface area contributed by atoms with Crippen molar-refractivity contribution in [3.63, 3.8) is 0 Å². The lowest BCUT2D eigenvalue weighted by atomic mass is 10.0. The molecule has 9 nitrogen and oxygen atoms in total. The number of hydrogen-bond donors (Lipinski definition) is 4. The summed E-state index contributed by atoms with van der Waals surface area (Å²) in [5.74, 6) is 5.13. The third-order valence-electron chi connectivity index (χ3n) is 11.9. The molecule has 370 valence electrons. The number of rotatable bonds is 34. The van der Waals surface area contributed by atoms with Gasteiger partial charge in [0, 0.05) is 0 Å². The molecule has 5 atom stereocenters. The predicted molar refractivity (Wildman–Crippen MR) is 274 cm³/mol. The standard InChI is InChI=1S/C55H92NO8P/c1-42(2)21-12-22-43(3)23-13-24-44(4)25-14-26-45(5)27-15-28-46(6)29-16-30-47(7)31-17-32-48(8)33-18-34-49(9)35-19-36-50(10)37-20-38-51(11)39-40-61-65(60,64-56)63-55-54(59)53(58)52(41-57)62-55/h21,23,25,27,29,31,33,35,37,39,52-55,57-59H,12-20,22,24,26,28,30,32,34,36,38,40-41,56H2,1-11H3/b43-23+,44-25-,45-27-,46-29-,47-31-,48-33-,49-35-,50-37-,51-39-. The Bertz CT molecular complexity index is 1740. The monoisotopic (exact) mass is 926 g/mol. The van der Waals surface area contributed by atoms with Crippen LogP contribution in [0.2, 0.25) is 0 Å². The van der Waals surface area contributed by atoms with Gasteiger partial charge in [-0.2, -0.15) is 0 Å². The second kappa shape index (κ2) is 35.5. The molecular weight excluding hydrogens is 834 g/mol. The Balaban J connectivity index is 2.27. The fourth-order valence-corrected chi connectivity index (χ4v) is 8.17. The second-order valence-electron chi connectivity index (χ2n) is 18.7. The fourth-order valence-electron chi connectivity index (χ4n) is 7.31. The Morgan fingerprint density at radius 3 is 1.00 bits per heavy atom. The van der Waals surface area contributed by atoms with Crippen molar-refractivity contribution in [2.45, 2.75) is 216 Å². The Hall–Kier alpha value is -2.69. The van der Waals surface area contributed by atoms with Gasteiger partial charge in [-0.1, -0.05) is 116 Å². The number of aliphatic hydroxyl groups is 3. The predicted octanol–water partition coefficient (Wildman–Crippen LogP) is 15.0. The maximum atomic E-state index is 12.7. The quantitative estimate of drug-likeness (QED) is 0.0282. The van der Waals surface area contributed by atoms with Gasteiger partial charge >= 0.3 is 7.82 Å². The van der Waals surface area contributed by atoms with Crippen molar-refractivity contribution in [3.05, 3.63) is 116 Å². The first kappa shape index (κ1) is 60.3. The van der Waals surface area contributed by atoms with Gasteiger partial charge in [-0.05, 0) is 192 Å². The average molecular weight is 926 g/mol. The second-order valence-corrected chi connectivity index (χ2v) is 20.3. The Labute approximate surface area is 396 Å². The zero-order chi connectivity index (χ0) is 48.6. The fraction of sp³-hybridized carbons (Fsp3) is 0.636. The molecule has 65 heavy (non-hydrogen) atoms. The minimum Gasteiger partial charge on any atom is -0.394 e. The highest BCUT2D eigenvalue weighted by molar-refractivity contribution is 7.48. The average Bonchev–Trinajstić information content (AvgIpc) is 3.51. The van der Waals surface area contributed by atoms with E-state index >= 15 is 0 Å². The summed E-state index contributed by atoms with van der Waals surface area (Å²) in [6.45, 7) is 23.7. The number of phosphoric ester groups is 1. The minimum absolute atomic E-state index is 0.0970. The van der Waals surface area contributed by atoms with Crippen LogP contribution in [0.25, 0.3) is 0 Å². The summed E-state index contributed by atoms with van der Waals surface area (Å²) in [6.07, 6.45) is 37.3. The summed E-state index contributed by atoms with van der Waals surface area (Å²) in [6, 6.07) is 0. The van der Waals surface area contributed by atoms with E-state index in [9.17, 15) is 19.9 Å². The van der Waals surface area contributed by atoms with Crippen LogP contribution in [0.1, 0.15) is 192 Å². The number of aliphatic hydroxyl groups excluding tert-OH is 3. The van der Waals surface area contributed by atoms with E-state index in [-0.39, 0.29) is 6.61 Å². The van der Waals surface area contributed by atoms with Crippen molar-refractivity contribution in [2.24, 2.45) is 5.90 Å². The highest BCUT2D eigenvalue weighted by atomic mass is 31.2. The smallest absolute Gasteiger partial charge is 0.394 e. The van der Waals surface area contributed by atoms with Crippen LogP contribution in [0, 0.1) is 0 Å². The molecule has 0 spiro atoms. The summed E-state index contributed by atoms with van der Waals surface area (Å²) >= 11 is 0. The van der Waals surface area contributed by atoms with Crippen LogP contribution in [0.15, 0.2) is 116 Å². The molecule has 5 unspecified atom stereocenters. The SMILES string of the molecule is CC(C)=CCC/C(C)=C/CC/C(C)=C\CC/C(C)=C\CC/C(C)=C\CC/C(C)=C\CC/C(C)=C\CC/C(C)=C\CC/C(C)=C\CC/C(C)=C\COP(=O)(ON)OC1OC(CO)C(O)C1O. The van der Waals surface area contributed by atoms with Gasteiger partial charge in [0.2, 0.25) is 0 Å². The molecule has 5 N–H and O–H groups in total. The van der Waals surface area contributed by atoms with E-state index in [1.54, 1.807) is 6.08 Å². The maximum Gasteiger partial charge on any atom is 0.493 e. The van der Waals surface area contributed by atoms with E-state index in [1.807, 2.05) is 6.92 Å². The Morgan fingerprint density at radius 1 is 0.477 bits per heavy atom. The number of ether oxygens (including phenoxy) is 1. The summed E-state index contributed by atoms with van der Waals surface area (Å²) < 4.78 is 32.6. The third-order valence-corrected chi connectivity index (χ3v) is 13.1. The van der Waals surface area contributed by atoms with Gasteiger partial charge in [0.05, 0.1) is 13.2 Å². The van der Waals surface area contributed by atoms with E-state index in [0.717, 1.165) is 108 Å². The van der Waals surface area contributed by atoms with Crippen molar-refractivity contribution in [1.29, 1.82) is 0 Å². The Kier molecular flexibility index (Phi) is 32.9. The first-order chi connectivity index (χ1) is 30.9. The van der Waals surface area contributed by atoms with E-state index < -0.39 is 39.0 Å². The van der Waals surface area contributed by atoms with Crippen LogP contribution < -0.4 is 5.90 Å². The van der Waals surface area contributed by atoms with Crippen molar-refractivity contribution >= 4 is 7.82 Å². The van der Waals surface area contributed by atoms with Gasteiger partial charge in [-0.15, -0.1) is 0 Å². The molecule has 0 amide bonds. The van der Waals surface area contributed by atoms with Crippen molar-refractivity contribution in [1.82, 2.24) is 0 Å². The highest BCUT2D eigenvalue weighted by Gasteiger charge is 2.47. The van der Waals surface area contributed by atoms with E-state index in [0.29, 0.717) is 0 Å². The molecule has 10 heteroatoms. The van der Waals surface area contributed by atoms with Crippen LogP contribution in [-0.4, -0.2) is 53.1 Å². The molecule has 1 saturated heterocycles. The van der Waals surface area contributed by atoms with Crippen molar-refractivity contribution in [3.8, 4) is 0 Å². The molecular formula is C55H92NO8P. The van der Waals surface area contributed by atoms with Crippen LogP contribution in [-0.2, 0) is 23.0 Å². The summed E-state index contributed by atoms with van der Waals surface area (Å²) in [5, 5.41) is 29.1. The molecule has 0 bridgehead atoms. The van der Waals surface area contributed by atoms with Gasteiger partial charge in [-0.3, -0.25) is 9.05 Å². The van der Waals surface area contributed by atoms with E-state index in [2.05, 4.69) is 129 Å². The molecule has 0 radical (unpaired) electrons. The van der Waals surface area contributed by atoms with Gasteiger partial charge in [0.1, 0.15) is 18.3 Å². The van der Waals surface area contributed by atoms with Crippen LogP contribution in [0.3, 0.4) is 0 Å². The lowest BCUT2D eigenvalue weighted by Gasteiger charge is -2.20. The number of allylic oxidation sites excluding steroid dienone is 19. The number of hydrogen-bond acceptors (Lipinski definition) is 9. The van der Waals surface area contributed by atoms with Crippen LogP contribution >= 0.6 is 7.82 Å². The van der Waals surface area contributed by atoms with Gasteiger partial charge < -0.3 is 20.1 Å². The lowest BCUT2D eigenvalue weighted by Crippen LogP contribution is -2.34. The molecule has 1 fully saturated rings. The summed E-state index contributed by atoms with van der Waals surface area (Å²) in [5.41, 5.74) is 14.2. The largest absolute Gasteiger partial charge is 0.493 e. The molecule has 0 saturated carbocycles. The molecule has 1 rings (SSSR count). The normalized spacial score (nSPS) is 21.1. The van der Waals surface area contributed by atoms with Gasteiger partial charge in [0.15, 0.2) is 6.29 Å². The first-order valence-electron chi connectivity index (χ1n) is 24.4. The lowest BCUT2D eigenvalue weighted by molar-refractivity contribution is -0.130. The molecule has 1 aliphatic rings. The zero-order valence-corrected chi connectivity index (χ0v) is 43.5. The van der Waals surface area contributed by atoms with E-state index in [4.69, 9.17) is 19.7 Å². The van der Waals surface area contributed by atoms with Crippen LogP contribution in [0.4, 0.5) is 0 Å². The zero-order valence-electron chi connectivity index (χ0n) is 42.6. The summed E-state index contributed by atoms with van der Waals surface area (Å²) in [4.78, 5) is 0. The molecule has 0 aromatic heterocycles. The molecule has 1 heterocycles.